The molecule has 0 bridgehead atoms. The van der Waals surface area contributed by atoms with Crippen molar-refractivity contribution in [3.63, 3.8) is 0 Å². The molecule has 3 aromatic rings. The Balaban J connectivity index is -0.000000347. The van der Waals surface area contributed by atoms with Crippen LogP contribution in [0.3, 0.4) is 0 Å². The van der Waals surface area contributed by atoms with Gasteiger partial charge in [-0.05, 0) is 18.6 Å². The quantitative estimate of drug-likeness (QED) is 0.0395. The van der Waals surface area contributed by atoms with Gasteiger partial charge in [0, 0.05) is 53.3 Å². The largest absolute Gasteiger partial charge is 0.480 e. The zero-order valence-electron chi connectivity index (χ0n) is 34.7. The van der Waals surface area contributed by atoms with Gasteiger partial charge in [0.05, 0.1) is 32.1 Å². The van der Waals surface area contributed by atoms with Crippen LogP contribution in [0.1, 0.15) is 18.2 Å². The Hall–Kier alpha value is -5.97. The van der Waals surface area contributed by atoms with Crippen LogP contribution >= 0.6 is 21.6 Å². The second kappa shape index (κ2) is 38.5. The number of nitrogens with two attached hydrogens (primary N) is 8. The molecule has 0 fully saturated rings. The number of carboxylic acid groups (broad SMARTS) is 8. The predicted molar refractivity (Wildman–Crippen MR) is 235 cm³/mol. The minimum absolute atomic E-state index is 0.229. The summed E-state index contributed by atoms with van der Waals surface area (Å²) in [7, 11) is 2.41. The van der Waals surface area contributed by atoms with Crippen LogP contribution in [0.15, 0.2) is 43.0 Å². The minimum Gasteiger partial charge on any atom is -0.480 e. The molecule has 0 spiro atoms. The van der Waals surface area contributed by atoms with Crippen LogP contribution in [0.4, 0.5) is 0 Å². The summed E-state index contributed by atoms with van der Waals surface area (Å²) in [5, 5.41) is 82.6. The second-order valence-electron chi connectivity index (χ2n) is 12.1. The number of aromatic nitrogens is 3. The summed E-state index contributed by atoms with van der Waals surface area (Å²) in [5.41, 5.74) is 42.7. The van der Waals surface area contributed by atoms with Gasteiger partial charge in [0.1, 0.15) is 36.3 Å². The summed E-state index contributed by atoms with van der Waals surface area (Å²) >= 11 is 0. The molecule has 7 atom stereocenters. The molecule has 0 amide bonds. The van der Waals surface area contributed by atoms with E-state index < -0.39 is 96.7 Å². The van der Waals surface area contributed by atoms with E-state index in [0.29, 0.717) is 6.42 Å². The Morgan fingerprint density at radius 3 is 1.31 bits per heavy atom. The number of benzene rings is 1. The van der Waals surface area contributed by atoms with E-state index in [1.54, 1.807) is 6.20 Å². The predicted octanol–water partition coefficient (Wildman–Crippen LogP) is -5.09. The fourth-order valence-electron chi connectivity index (χ4n) is 3.02. The van der Waals surface area contributed by atoms with Gasteiger partial charge in [-0.2, -0.15) is 0 Å². The van der Waals surface area contributed by atoms with Crippen LogP contribution in [0.2, 0.25) is 0 Å². The van der Waals surface area contributed by atoms with E-state index in [0.717, 1.165) is 22.2 Å². The Morgan fingerprint density at radius 1 is 0.615 bits per heavy atom. The summed E-state index contributed by atoms with van der Waals surface area (Å²) in [6, 6.07) is 1.93. The van der Waals surface area contributed by atoms with E-state index in [9.17, 15) is 38.4 Å². The molecule has 0 saturated heterocycles. The minimum atomic E-state index is -1.18. The molecule has 29 nitrogen and oxygen atoms in total. The number of nitrogens with zero attached hydrogens (tertiary/aromatic N) is 1. The number of fused-ring (bicyclic) bond motifs is 1. The number of rotatable bonds is 19. The maximum atomic E-state index is 10.6. The summed E-state index contributed by atoms with van der Waals surface area (Å²) in [6.45, 7) is 0.272. The lowest BCUT2D eigenvalue weighted by Gasteiger charge is -2.07. The van der Waals surface area contributed by atoms with E-state index in [1.807, 2.05) is 30.5 Å². The smallest absolute Gasteiger partial charge is 0.323 e. The first-order valence-corrected chi connectivity index (χ1v) is 20.4. The highest BCUT2D eigenvalue weighted by Crippen LogP contribution is 2.22. The van der Waals surface area contributed by atoms with Crippen molar-refractivity contribution < 1.29 is 89.4 Å². The molecule has 370 valence electrons. The van der Waals surface area contributed by atoms with Gasteiger partial charge < -0.3 is 107 Å². The first-order chi connectivity index (χ1) is 30.1. The van der Waals surface area contributed by atoms with Crippen molar-refractivity contribution in [3.8, 4) is 0 Å². The average molecular weight is 974 g/mol. The van der Waals surface area contributed by atoms with Gasteiger partial charge in [0.2, 0.25) is 0 Å². The normalized spacial score (nSPS) is 13.0. The monoisotopic (exact) mass is 973 g/mol. The van der Waals surface area contributed by atoms with Crippen molar-refractivity contribution in [2.45, 2.75) is 62.1 Å². The Kier molecular flexibility index (Phi) is 38.9. The number of aromatic amines is 2. The number of imidazole rings is 1. The van der Waals surface area contributed by atoms with Gasteiger partial charge in [0.25, 0.3) is 0 Å². The fourth-order valence-corrected chi connectivity index (χ4v) is 5.24. The Bertz CT molecular complexity index is 1800. The molecule has 2 heterocycles. The third-order valence-electron chi connectivity index (χ3n) is 6.62. The summed E-state index contributed by atoms with van der Waals surface area (Å²) in [4.78, 5) is 89.0. The number of H-pyrrole nitrogens is 2. The number of hydrogen-bond donors (Lipinski definition) is 20. The van der Waals surface area contributed by atoms with Crippen molar-refractivity contribution >= 4 is 80.2 Å². The Morgan fingerprint density at radius 2 is 1.02 bits per heavy atom. The molecule has 0 aliphatic rings. The van der Waals surface area contributed by atoms with Crippen LogP contribution in [-0.2, 0) is 51.2 Å². The van der Waals surface area contributed by atoms with Crippen molar-refractivity contribution in [1.82, 2.24) is 15.0 Å². The third-order valence-corrected chi connectivity index (χ3v) is 9.10. The van der Waals surface area contributed by atoms with E-state index in [2.05, 4.69) is 26.4 Å². The zero-order valence-corrected chi connectivity index (χ0v) is 36.3. The summed E-state index contributed by atoms with van der Waals surface area (Å²) in [6.07, 6.45) is 4.52. The van der Waals surface area contributed by atoms with Gasteiger partial charge in [-0.3, -0.25) is 38.4 Å². The van der Waals surface area contributed by atoms with Crippen LogP contribution in [0, 0.1) is 0 Å². The maximum absolute atomic E-state index is 10.6. The van der Waals surface area contributed by atoms with Crippen LogP contribution in [0.5, 0.6) is 0 Å². The number of para-hydroxylation sites is 1. The number of aliphatic hydroxyl groups is 2. The average Bonchev–Trinajstić information content (AvgIpc) is 3.92. The molecular weight excluding hydrogens is 915 g/mol. The highest BCUT2D eigenvalue weighted by atomic mass is 33.1. The van der Waals surface area contributed by atoms with Gasteiger partial charge in [-0.1, -0.05) is 39.8 Å². The van der Waals surface area contributed by atoms with Gasteiger partial charge in [0.15, 0.2) is 0 Å². The number of hydrogen-bond acceptors (Lipinski definition) is 21. The summed E-state index contributed by atoms with van der Waals surface area (Å²) < 4.78 is 0. The Labute approximate surface area is 377 Å². The number of nitrogens with one attached hydrogen (secondary N) is 2. The van der Waals surface area contributed by atoms with Crippen molar-refractivity contribution in [1.29, 1.82) is 0 Å². The lowest BCUT2D eigenvalue weighted by atomic mass is 10.1. The zero-order chi connectivity index (χ0) is 51.4. The second-order valence-corrected chi connectivity index (χ2v) is 14.7. The lowest BCUT2D eigenvalue weighted by Crippen LogP contribution is -2.39. The lowest BCUT2D eigenvalue weighted by molar-refractivity contribution is -0.141. The molecule has 0 saturated carbocycles. The topological polar surface area (TPSA) is 591 Å². The first-order valence-electron chi connectivity index (χ1n) is 17.9. The first kappa shape index (κ1) is 65.6. The molecule has 7 unspecified atom stereocenters. The van der Waals surface area contributed by atoms with Gasteiger partial charge >= 0.3 is 47.8 Å². The molecule has 65 heavy (non-hydrogen) atoms. The third kappa shape index (κ3) is 37.1. The van der Waals surface area contributed by atoms with Crippen LogP contribution in [-0.4, -0.2) is 187 Å². The molecule has 1 aromatic carbocycles. The number of aliphatic carboxylic acids is 8. The molecule has 28 N–H and O–H groups in total. The highest BCUT2D eigenvalue weighted by molar-refractivity contribution is 8.76. The SMILES string of the molecule is CC(O)C(N)C(=O)O.NC(CO)C(=O)O.NC(CSSCC(N)C(=O)O)C(=O)O.NC(Cc1c[nH]c2ccccc12)C(=O)O.NC(Cc1cnc[nH]1)C(=O)O.NCC(=O)O.NCC(=O)O. The van der Waals surface area contributed by atoms with Crippen LogP contribution in [0.25, 0.3) is 10.9 Å². The molecule has 0 aliphatic carbocycles. The molecular formula is C34H59N11O18S2. The molecule has 2 aromatic heterocycles. The molecule has 0 aliphatic heterocycles. The standard InChI is InChI=1S/C11H12N2O2.C6H9N3O2.C6H12N2O4S2.C4H9NO3.C3H7NO3.2C2H5NO2/c12-9(11(14)15)5-7-6-13-10-4-2-1-3-8(7)10;7-5(6(10)11)1-4-2-8-3-9-4;7-3(5(9)10)1-13-14-2-4(8)6(11)12;1-2(6)3(5)4(7)8;4-2(1-5)3(6)7;2*3-1-2(4)5/h1-4,6,9,13H,5,12H2,(H,14,15);2-3,5H,1,7H2,(H,8,9)(H,10,11);3-4H,1-2,7-8H2,(H,9,10)(H,11,12);2-3,6H,5H2,1H3,(H,7,8);2,5H,1,4H2,(H,6,7);2*1,3H2,(H,4,5). The molecule has 31 heteroatoms. The van der Waals surface area contributed by atoms with E-state index in [1.165, 1.54) is 34.8 Å². The van der Waals surface area contributed by atoms with Crippen molar-refractivity contribution in [3.05, 3.63) is 54.2 Å². The number of aliphatic hydroxyl groups excluding tert-OH is 2. The molecule has 0 radical (unpaired) electrons. The maximum Gasteiger partial charge on any atom is 0.323 e. The van der Waals surface area contributed by atoms with E-state index in [4.69, 9.17) is 85.5 Å². The molecule has 3 rings (SSSR count). The highest BCUT2D eigenvalue weighted by Gasteiger charge is 2.17. The van der Waals surface area contributed by atoms with Crippen molar-refractivity contribution in [2.24, 2.45) is 45.9 Å². The fraction of sp³-hybridized carbons (Fsp3) is 0.441. The summed E-state index contributed by atoms with van der Waals surface area (Å²) in [5.74, 6) is -7.95. The van der Waals surface area contributed by atoms with E-state index >= 15 is 0 Å². The van der Waals surface area contributed by atoms with Gasteiger partial charge in [-0.15, -0.1) is 0 Å². The van der Waals surface area contributed by atoms with E-state index in [-0.39, 0.29) is 31.0 Å². The van der Waals surface area contributed by atoms with Gasteiger partial charge in [-0.25, -0.2) is 4.98 Å². The van der Waals surface area contributed by atoms with Crippen LogP contribution < -0.4 is 45.9 Å². The van der Waals surface area contributed by atoms with Crippen molar-refractivity contribution in [2.75, 3.05) is 31.2 Å². The number of carboxylic acids is 8. The number of carbonyl (C=O) groups is 8.